The Morgan fingerprint density at radius 2 is 0.875 bits per heavy atom. The summed E-state index contributed by atoms with van der Waals surface area (Å²) in [6.45, 7) is 18.1. The molecule has 0 saturated heterocycles. The average Bonchev–Trinajstić information content (AvgIpc) is 3.49. The van der Waals surface area contributed by atoms with E-state index in [1.165, 1.54) is 95.2 Å². The number of rotatable bonds is 10. The molecule has 40 heavy (non-hydrogen) atoms. The maximum Gasteiger partial charge on any atom is -1.00 e. The van der Waals surface area contributed by atoms with Crippen molar-refractivity contribution in [3.63, 3.8) is 0 Å². The summed E-state index contributed by atoms with van der Waals surface area (Å²) in [6, 6.07) is 19.1. The van der Waals surface area contributed by atoms with Gasteiger partial charge in [-0.15, -0.1) is 56.9 Å². The van der Waals surface area contributed by atoms with E-state index in [2.05, 4.69) is 103 Å². The molecule has 0 amide bonds. The number of hydrogen-bond acceptors (Lipinski definition) is 0. The minimum Gasteiger partial charge on any atom is -1.00 e. The van der Waals surface area contributed by atoms with Gasteiger partial charge in [-0.25, -0.2) is 0 Å². The third-order valence-corrected chi connectivity index (χ3v) is 6.99. The van der Waals surface area contributed by atoms with Crippen molar-refractivity contribution in [1.82, 2.24) is 0 Å². The summed E-state index contributed by atoms with van der Waals surface area (Å²) in [5.74, 6) is 0. The molecule has 0 saturated carbocycles. The Hall–Kier alpha value is -0.660. The van der Waals surface area contributed by atoms with Crippen LogP contribution in [0.25, 0.3) is 21.5 Å². The Kier molecular flexibility index (Phi) is 20.7. The van der Waals surface area contributed by atoms with Crippen LogP contribution in [0.15, 0.2) is 48.5 Å². The van der Waals surface area contributed by atoms with Gasteiger partial charge in [0.2, 0.25) is 0 Å². The molecule has 0 aliphatic rings. The Morgan fingerprint density at radius 3 is 1.15 bits per heavy atom. The summed E-state index contributed by atoms with van der Waals surface area (Å²) in [4.78, 5) is 0. The second kappa shape index (κ2) is 21.1. The van der Waals surface area contributed by atoms with Crippen LogP contribution in [0, 0.1) is 0 Å². The van der Waals surface area contributed by atoms with Crippen molar-refractivity contribution in [3.8, 4) is 0 Å². The largest absolute Gasteiger partial charge is 1.00 e. The van der Waals surface area contributed by atoms with Crippen molar-refractivity contribution >= 4 is 27.0 Å². The van der Waals surface area contributed by atoms with E-state index in [9.17, 15) is 0 Å². The van der Waals surface area contributed by atoms with Gasteiger partial charge in [-0.2, -0.15) is 12.1 Å². The van der Waals surface area contributed by atoms with Gasteiger partial charge in [0.1, 0.15) is 0 Å². The summed E-state index contributed by atoms with van der Waals surface area (Å²) in [6.07, 6.45) is 12.1. The van der Waals surface area contributed by atoms with Crippen LogP contribution < -0.4 is 24.8 Å². The smallest absolute Gasteiger partial charge is 1.00 e. The van der Waals surface area contributed by atoms with Crippen molar-refractivity contribution in [2.24, 2.45) is 0 Å². The average molecular weight is 675 g/mol. The van der Waals surface area contributed by atoms with Crippen LogP contribution in [0.4, 0.5) is 0 Å². The Morgan fingerprint density at radius 1 is 0.550 bits per heavy atom. The molecule has 0 aromatic heterocycles. The zero-order valence-corrected chi connectivity index (χ0v) is 31.4. The molecule has 0 N–H and O–H groups in total. The zero-order chi connectivity index (χ0) is 28.1. The number of hydrogen-bond donors (Lipinski definition) is 0. The first kappa shape index (κ1) is 39.3. The Labute approximate surface area is 274 Å². The van der Waals surface area contributed by atoms with E-state index in [1.54, 1.807) is 34.5 Å². The second-order valence-electron chi connectivity index (χ2n) is 10.9. The summed E-state index contributed by atoms with van der Waals surface area (Å²) in [5, 5.41) is 5.89. The molecule has 0 fully saturated rings. The molecule has 4 aromatic carbocycles. The van der Waals surface area contributed by atoms with Crippen molar-refractivity contribution in [3.05, 3.63) is 81.9 Å². The molecule has 0 atom stereocenters. The summed E-state index contributed by atoms with van der Waals surface area (Å²) in [5.41, 5.74) is 9.29. The van der Waals surface area contributed by atoms with Gasteiger partial charge in [0.25, 0.3) is 0 Å². The van der Waals surface area contributed by atoms with Gasteiger partial charge >= 0.3 is 41.9 Å². The summed E-state index contributed by atoms with van der Waals surface area (Å²) >= 11 is 1.74. The first-order valence-corrected chi connectivity index (χ1v) is 21.4. The molecule has 4 rings (SSSR count). The molecular formula is C36H52Cl2SiZr-2. The van der Waals surface area contributed by atoms with E-state index >= 15 is 0 Å². The van der Waals surface area contributed by atoms with E-state index in [4.69, 9.17) is 0 Å². The molecule has 220 valence electrons. The molecule has 0 aliphatic carbocycles. The van der Waals surface area contributed by atoms with Gasteiger partial charge in [-0.1, -0.05) is 102 Å². The minimum atomic E-state index is 0. The van der Waals surface area contributed by atoms with E-state index < -0.39 is 0 Å². The minimum absolute atomic E-state index is 0. The van der Waals surface area contributed by atoms with Crippen molar-refractivity contribution in [2.45, 2.75) is 119 Å². The maximum atomic E-state index is 2.43. The Balaban J connectivity index is 0.000000643. The quantitative estimate of drug-likeness (QED) is 0.167. The van der Waals surface area contributed by atoms with Gasteiger partial charge in [0, 0.05) is 0 Å². The topological polar surface area (TPSA) is 0 Å². The van der Waals surface area contributed by atoms with Gasteiger partial charge < -0.3 is 24.8 Å². The van der Waals surface area contributed by atoms with Gasteiger partial charge in [-0.05, 0) is 38.5 Å². The first-order chi connectivity index (χ1) is 18.3. The van der Waals surface area contributed by atoms with Crippen LogP contribution in [0.3, 0.4) is 0 Å². The molecular weight excluding hydrogens is 623 g/mol. The molecule has 0 nitrogen and oxygen atoms in total. The third-order valence-electron chi connectivity index (χ3n) is 6.99. The maximum absolute atomic E-state index is 2.43. The molecule has 0 heterocycles. The van der Waals surface area contributed by atoms with Crippen LogP contribution in [-0.4, -0.2) is 5.43 Å². The van der Waals surface area contributed by atoms with Crippen molar-refractivity contribution < 1.29 is 48.1 Å². The fourth-order valence-corrected chi connectivity index (χ4v) is 5.28. The Bertz CT molecular complexity index is 1180. The van der Waals surface area contributed by atoms with Crippen LogP contribution in [0.5, 0.6) is 0 Å². The van der Waals surface area contributed by atoms with Crippen LogP contribution in [0.2, 0.25) is 13.1 Å². The summed E-state index contributed by atoms with van der Waals surface area (Å²) < 4.78 is 0. The predicted octanol–water partition coefficient (Wildman–Crippen LogP) is 4.84. The SMILES string of the molecule is CCCc1cc(CCC)c2cc(CC)[cH-]c2c1.CCCc1cc(CCC)c2cc(CC)[cH-]c2c1.C[Si](C)=[Zr+2].[Cl-].[Cl-]. The molecule has 4 heteroatoms. The van der Waals surface area contributed by atoms with Crippen LogP contribution >= 0.6 is 0 Å². The van der Waals surface area contributed by atoms with E-state index in [-0.39, 0.29) is 30.2 Å². The number of benzene rings is 2. The molecule has 4 aromatic rings. The fourth-order valence-electron chi connectivity index (χ4n) is 5.28. The third kappa shape index (κ3) is 12.3. The van der Waals surface area contributed by atoms with Crippen molar-refractivity contribution in [2.75, 3.05) is 0 Å². The van der Waals surface area contributed by atoms with E-state index in [1.807, 2.05) is 0 Å². The van der Waals surface area contributed by atoms with Gasteiger partial charge in [-0.3, -0.25) is 0 Å². The van der Waals surface area contributed by atoms with Gasteiger partial charge in [0.15, 0.2) is 0 Å². The second-order valence-corrected chi connectivity index (χ2v) is 20.3. The van der Waals surface area contributed by atoms with E-state index in [0.717, 1.165) is 12.8 Å². The van der Waals surface area contributed by atoms with Crippen LogP contribution in [-0.2, 0) is 61.9 Å². The molecule has 0 bridgehead atoms. The number of fused-ring (bicyclic) bond motifs is 2. The molecule has 0 unspecified atom stereocenters. The number of aryl methyl sites for hydroxylation is 6. The van der Waals surface area contributed by atoms with Gasteiger partial charge in [0.05, 0.1) is 0 Å². The standard InChI is InChI=1S/2C17H23.C2H6Si.2ClH.Zr/c2*1-4-7-14-10-15(8-5-2)17-12-13(6-3)9-16(17)11-14;1-3-2;;;/h2*9-12H,4-8H2,1-3H3;1-2H3;2*1H;/q2*-1;;;;+2/p-2. The fraction of sp³-hybridized carbons (Fsp3) is 0.500. The number of halogens is 2. The molecule has 0 spiro atoms. The summed E-state index contributed by atoms with van der Waals surface area (Å²) in [7, 11) is 0. The first-order valence-electron chi connectivity index (χ1n) is 15.2. The molecule has 0 radical (unpaired) electrons. The van der Waals surface area contributed by atoms with Crippen LogP contribution in [0.1, 0.15) is 101 Å². The molecule has 0 aliphatic heterocycles. The van der Waals surface area contributed by atoms with E-state index in [0.29, 0.717) is 0 Å². The normalized spacial score (nSPS) is 10.2. The zero-order valence-electron chi connectivity index (χ0n) is 26.4. The monoisotopic (exact) mass is 672 g/mol. The predicted molar refractivity (Wildman–Crippen MR) is 171 cm³/mol. The van der Waals surface area contributed by atoms with Crippen molar-refractivity contribution in [1.29, 1.82) is 0 Å².